The van der Waals surface area contributed by atoms with Gasteiger partial charge in [0.25, 0.3) is 0 Å². The lowest BCUT2D eigenvalue weighted by molar-refractivity contribution is -0.131. The van der Waals surface area contributed by atoms with Crippen molar-refractivity contribution >= 4 is 5.91 Å². The molecule has 3 heterocycles. The topological polar surface area (TPSA) is 75.4 Å². The zero-order valence-corrected chi connectivity index (χ0v) is 14.4. The second kappa shape index (κ2) is 7.09. The molecule has 7 heteroatoms. The molecule has 0 spiro atoms. The SMILES string of the molecule is CC(=O)N1CCN(Cc2ccc(C)cn2)CCC1c1nc(C)no1. The van der Waals surface area contributed by atoms with E-state index in [2.05, 4.69) is 32.2 Å². The first-order valence-electron chi connectivity index (χ1n) is 8.24. The Hall–Kier alpha value is -2.28. The summed E-state index contributed by atoms with van der Waals surface area (Å²) in [5, 5.41) is 3.86. The third-order valence-electron chi connectivity index (χ3n) is 4.34. The van der Waals surface area contributed by atoms with E-state index in [-0.39, 0.29) is 11.9 Å². The summed E-state index contributed by atoms with van der Waals surface area (Å²) >= 11 is 0. The van der Waals surface area contributed by atoms with E-state index in [1.54, 1.807) is 13.8 Å². The van der Waals surface area contributed by atoms with Gasteiger partial charge in [-0.05, 0) is 31.9 Å². The van der Waals surface area contributed by atoms with E-state index in [1.165, 1.54) is 0 Å². The van der Waals surface area contributed by atoms with Crippen molar-refractivity contribution in [1.82, 2.24) is 24.9 Å². The summed E-state index contributed by atoms with van der Waals surface area (Å²) in [6.45, 7) is 8.49. The standard InChI is InChI=1S/C17H23N5O2/c1-12-4-5-15(18-10-12)11-21-7-6-16(17-19-13(2)20-24-17)22(9-8-21)14(3)23/h4-5,10,16H,6-9,11H2,1-3H3. The number of hydrogen-bond donors (Lipinski definition) is 0. The summed E-state index contributed by atoms with van der Waals surface area (Å²) in [5.74, 6) is 1.16. The van der Waals surface area contributed by atoms with Gasteiger partial charge in [0.1, 0.15) is 6.04 Å². The maximum Gasteiger partial charge on any atom is 0.249 e. The van der Waals surface area contributed by atoms with Gasteiger partial charge in [-0.1, -0.05) is 11.2 Å². The summed E-state index contributed by atoms with van der Waals surface area (Å²) in [6.07, 6.45) is 2.66. The molecule has 128 valence electrons. The smallest absolute Gasteiger partial charge is 0.249 e. The number of pyridine rings is 1. The molecular formula is C17H23N5O2. The Labute approximate surface area is 141 Å². The Morgan fingerprint density at radius 2 is 2.12 bits per heavy atom. The molecule has 2 aromatic rings. The van der Waals surface area contributed by atoms with Crippen LogP contribution in [0, 0.1) is 13.8 Å². The number of amides is 1. The highest BCUT2D eigenvalue weighted by Gasteiger charge is 2.31. The van der Waals surface area contributed by atoms with Gasteiger partial charge in [0.05, 0.1) is 5.69 Å². The molecule has 1 atom stereocenters. The first kappa shape index (κ1) is 16.6. The van der Waals surface area contributed by atoms with Gasteiger partial charge in [0.2, 0.25) is 11.8 Å². The number of nitrogens with zero attached hydrogens (tertiary/aromatic N) is 5. The lowest BCUT2D eigenvalue weighted by Gasteiger charge is -2.25. The van der Waals surface area contributed by atoms with Gasteiger partial charge in [0.15, 0.2) is 5.82 Å². The van der Waals surface area contributed by atoms with Gasteiger partial charge in [-0.15, -0.1) is 0 Å². The van der Waals surface area contributed by atoms with Gasteiger partial charge < -0.3 is 9.42 Å². The summed E-state index contributed by atoms with van der Waals surface area (Å²) in [6, 6.07) is 3.98. The molecule has 24 heavy (non-hydrogen) atoms. The molecule has 1 unspecified atom stereocenters. The van der Waals surface area contributed by atoms with E-state index in [1.807, 2.05) is 18.0 Å². The molecule has 7 nitrogen and oxygen atoms in total. The van der Waals surface area contributed by atoms with E-state index in [9.17, 15) is 4.79 Å². The number of rotatable bonds is 3. The normalized spacial score (nSPS) is 19.3. The molecule has 1 saturated heterocycles. The first-order valence-corrected chi connectivity index (χ1v) is 8.24. The van der Waals surface area contributed by atoms with E-state index in [0.29, 0.717) is 18.3 Å². The van der Waals surface area contributed by atoms with Crippen molar-refractivity contribution in [3.05, 3.63) is 41.3 Å². The van der Waals surface area contributed by atoms with Crippen LogP contribution >= 0.6 is 0 Å². The summed E-state index contributed by atoms with van der Waals surface area (Å²) in [7, 11) is 0. The number of carbonyl (C=O) groups is 1. The molecule has 0 saturated carbocycles. The Morgan fingerprint density at radius 1 is 1.29 bits per heavy atom. The van der Waals surface area contributed by atoms with Crippen molar-refractivity contribution < 1.29 is 9.32 Å². The minimum Gasteiger partial charge on any atom is -0.337 e. The van der Waals surface area contributed by atoms with Crippen LogP contribution < -0.4 is 0 Å². The third kappa shape index (κ3) is 3.79. The molecular weight excluding hydrogens is 306 g/mol. The molecule has 1 aliphatic heterocycles. The molecule has 2 aromatic heterocycles. The van der Waals surface area contributed by atoms with Crippen molar-refractivity contribution in [1.29, 1.82) is 0 Å². The minimum absolute atomic E-state index is 0.0335. The van der Waals surface area contributed by atoms with Crippen LogP contribution in [0.3, 0.4) is 0 Å². The van der Waals surface area contributed by atoms with E-state index < -0.39 is 0 Å². The number of hydrogen-bond acceptors (Lipinski definition) is 6. The molecule has 1 aliphatic rings. The average molecular weight is 329 g/mol. The van der Waals surface area contributed by atoms with Crippen LogP contribution in [0.25, 0.3) is 0 Å². The quantitative estimate of drug-likeness (QED) is 0.856. The Morgan fingerprint density at radius 3 is 2.75 bits per heavy atom. The summed E-state index contributed by atoms with van der Waals surface area (Å²) in [5.41, 5.74) is 2.20. The minimum atomic E-state index is -0.153. The van der Waals surface area contributed by atoms with E-state index >= 15 is 0 Å². The Kier molecular flexibility index (Phi) is 4.89. The van der Waals surface area contributed by atoms with Gasteiger partial charge in [-0.2, -0.15) is 4.98 Å². The molecule has 1 fully saturated rings. The molecule has 1 amide bonds. The third-order valence-corrected chi connectivity index (χ3v) is 4.34. The van der Waals surface area contributed by atoms with E-state index in [0.717, 1.165) is 37.3 Å². The van der Waals surface area contributed by atoms with Gasteiger partial charge >= 0.3 is 0 Å². The van der Waals surface area contributed by atoms with Crippen molar-refractivity contribution in [2.24, 2.45) is 0 Å². The molecule has 0 aromatic carbocycles. The Balaban J connectivity index is 1.72. The molecule has 0 bridgehead atoms. The van der Waals surface area contributed by atoms with Crippen molar-refractivity contribution in [2.45, 2.75) is 39.8 Å². The highest BCUT2D eigenvalue weighted by molar-refractivity contribution is 5.73. The van der Waals surface area contributed by atoms with Crippen molar-refractivity contribution in [3.63, 3.8) is 0 Å². The van der Waals surface area contributed by atoms with Crippen molar-refractivity contribution in [3.8, 4) is 0 Å². The van der Waals surface area contributed by atoms with E-state index in [4.69, 9.17) is 4.52 Å². The highest BCUT2D eigenvalue weighted by Crippen LogP contribution is 2.26. The fraction of sp³-hybridized carbons (Fsp3) is 0.529. The van der Waals surface area contributed by atoms with Crippen molar-refractivity contribution in [2.75, 3.05) is 19.6 Å². The zero-order valence-electron chi connectivity index (χ0n) is 14.4. The number of carbonyl (C=O) groups excluding carboxylic acids is 1. The average Bonchev–Trinajstić information content (AvgIpc) is 2.86. The van der Waals surface area contributed by atoms with Gasteiger partial charge in [0, 0.05) is 39.3 Å². The largest absolute Gasteiger partial charge is 0.337 e. The van der Waals surface area contributed by atoms with Crippen LogP contribution in [-0.4, -0.2) is 50.5 Å². The van der Waals surface area contributed by atoms with Crippen LogP contribution in [0.4, 0.5) is 0 Å². The fourth-order valence-electron chi connectivity index (χ4n) is 3.04. The molecule has 3 rings (SSSR count). The number of aromatic nitrogens is 3. The zero-order chi connectivity index (χ0) is 17.1. The predicted molar refractivity (Wildman–Crippen MR) is 88.0 cm³/mol. The van der Waals surface area contributed by atoms with Crippen LogP contribution in [0.15, 0.2) is 22.9 Å². The fourth-order valence-corrected chi connectivity index (χ4v) is 3.04. The molecule has 0 aliphatic carbocycles. The van der Waals surface area contributed by atoms with Gasteiger partial charge in [-0.3, -0.25) is 14.7 Å². The second-order valence-corrected chi connectivity index (χ2v) is 6.30. The summed E-state index contributed by atoms with van der Waals surface area (Å²) in [4.78, 5) is 25.0. The monoisotopic (exact) mass is 329 g/mol. The first-order chi connectivity index (χ1) is 11.5. The number of aryl methyl sites for hydroxylation is 2. The predicted octanol–water partition coefficient (Wildman–Crippen LogP) is 1.88. The molecule has 0 radical (unpaired) electrons. The van der Waals surface area contributed by atoms with Crippen LogP contribution in [-0.2, 0) is 11.3 Å². The highest BCUT2D eigenvalue weighted by atomic mass is 16.5. The summed E-state index contributed by atoms with van der Waals surface area (Å²) < 4.78 is 5.32. The maximum atomic E-state index is 12.0. The maximum absolute atomic E-state index is 12.0. The lowest BCUT2D eigenvalue weighted by atomic mass is 10.1. The molecule has 0 N–H and O–H groups in total. The second-order valence-electron chi connectivity index (χ2n) is 6.30. The van der Waals surface area contributed by atoms with Gasteiger partial charge in [-0.25, -0.2) is 0 Å². The van der Waals surface area contributed by atoms with Crippen LogP contribution in [0.2, 0.25) is 0 Å². The lowest BCUT2D eigenvalue weighted by Crippen LogP contribution is -2.35. The Bertz CT molecular complexity index is 697. The van der Waals surface area contributed by atoms with Crippen LogP contribution in [0.1, 0.15) is 42.4 Å². The van der Waals surface area contributed by atoms with Crippen LogP contribution in [0.5, 0.6) is 0 Å².